The third-order valence-electron chi connectivity index (χ3n) is 8.57. The number of carboxylic acids is 1. The fourth-order valence-electron chi connectivity index (χ4n) is 6.30. The van der Waals surface area contributed by atoms with E-state index < -0.39 is 41.3 Å². The normalized spacial score (nSPS) is 23.2. The SMILES string of the molecule is CCOC(=O)C1=C(CN2CC[C@]3(F)C(=O)N(c4ccc(C(=O)O)c(C)c4)C[C@@H]3C2)NC(c2nccs2)=N[C@H]1c1ccc(F)cc1Cl. The van der Waals surface area contributed by atoms with Gasteiger partial charge < -0.3 is 20.1 Å². The number of likely N-dealkylation sites (tertiary alicyclic amines) is 1. The Morgan fingerprint density at radius 3 is 2.72 bits per heavy atom. The number of piperidine rings is 1. The number of esters is 1. The lowest BCUT2D eigenvalue weighted by Gasteiger charge is -2.38. The van der Waals surface area contributed by atoms with Gasteiger partial charge in [-0.2, -0.15) is 0 Å². The van der Waals surface area contributed by atoms with Gasteiger partial charge in [0.25, 0.3) is 5.91 Å². The molecule has 2 aromatic carbocycles. The number of aromatic nitrogens is 1. The molecule has 4 heterocycles. The molecule has 0 spiro atoms. The molecule has 2 saturated heterocycles. The summed E-state index contributed by atoms with van der Waals surface area (Å²) in [5.74, 6) is -3.18. The number of fused-ring (bicyclic) bond motifs is 1. The minimum atomic E-state index is -2.09. The van der Waals surface area contributed by atoms with Crippen LogP contribution in [0.4, 0.5) is 14.5 Å². The standard InChI is InChI=1S/C32H30ClF2N5O5S/c1-3-45-30(43)25-24(37-27(28-36-9-11-46-28)38-26(25)22-6-4-19(34)13-23(22)33)16-39-10-8-32(35)18(14-39)15-40(31(32)44)20-5-7-21(29(41)42)17(2)12-20/h4-7,9,11-13,18,26H,3,8,10,14-16H2,1-2H3,(H,37,38)(H,41,42)/t18-,26-,32+/m0/s1. The predicted molar refractivity (Wildman–Crippen MR) is 168 cm³/mol. The van der Waals surface area contributed by atoms with Gasteiger partial charge in [0, 0.05) is 72.1 Å². The maximum atomic E-state index is 16.4. The molecule has 3 aromatic rings. The molecule has 3 atom stereocenters. The summed E-state index contributed by atoms with van der Waals surface area (Å²) in [5.41, 5.74) is -0.0245. The number of hydrogen-bond donors (Lipinski definition) is 2. The summed E-state index contributed by atoms with van der Waals surface area (Å²) in [6.07, 6.45) is 1.56. The van der Waals surface area contributed by atoms with Gasteiger partial charge in [0.2, 0.25) is 0 Å². The van der Waals surface area contributed by atoms with Crippen LogP contribution in [0.2, 0.25) is 5.02 Å². The number of thiazole rings is 1. The van der Waals surface area contributed by atoms with Gasteiger partial charge in [-0.05, 0) is 49.7 Å². The van der Waals surface area contributed by atoms with Crippen molar-refractivity contribution in [1.82, 2.24) is 15.2 Å². The number of halogens is 3. The molecule has 1 amide bonds. The number of rotatable bonds is 8. The monoisotopic (exact) mass is 669 g/mol. The number of nitrogens with zero attached hydrogens (tertiary/aromatic N) is 4. The minimum absolute atomic E-state index is 0.0676. The molecule has 10 nitrogen and oxygen atoms in total. The summed E-state index contributed by atoms with van der Waals surface area (Å²) in [4.78, 5) is 50.9. The number of amides is 1. The van der Waals surface area contributed by atoms with Crippen LogP contribution in [0.3, 0.4) is 0 Å². The lowest BCUT2D eigenvalue weighted by atomic mass is 9.85. The second-order valence-corrected chi connectivity index (χ2v) is 12.7. The maximum Gasteiger partial charge on any atom is 0.338 e. The van der Waals surface area contributed by atoms with Gasteiger partial charge >= 0.3 is 11.9 Å². The fraction of sp³-hybridized carbons (Fsp3) is 0.344. The van der Waals surface area contributed by atoms with Crippen molar-refractivity contribution in [2.24, 2.45) is 10.9 Å². The maximum absolute atomic E-state index is 16.4. The topological polar surface area (TPSA) is 124 Å². The molecule has 3 aliphatic rings. The smallest absolute Gasteiger partial charge is 0.338 e. The van der Waals surface area contributed by atoms with Crippen LogP contribution in [0.15, 0.2) is 64.2 Å². The second kappa shape index (κ2) is 12.5. The summed E-state index contributed by atoms with van der Waals surface area (Å²) in [5, 5.41) is 15.1. The first kappa shape index (κ1) is 31.8. The first-order valence-corrected chi connectivity index (χ1v) is 15.9. The Bertz CT molecular complexity index is 1780. The summed E-state index contributed by atoms with van der Waals surface area (Å²) >= 11 is 7.82. The summed E-state index contributed by atoms with van der Waals surface area (Å²) < 4.78 is 35.8. The van der Waals surface area contributed by atoms with Crippen molar-refractivity contribution in [3.63, 3.8) is 0 Å². The molecule has 0 bridgehead atoms. The van der Waals surface area contributed by atoms with Gasteiger partial charge in [-0.1, -0.05) is 17.7 Å². The van der Waals surface area contributed by atoms with Gasteiger partial charge in [-0.15, -0.1) is 11.3 Å². The van der Waals surface area contributed by atoms with E-state index in [4.69, 9.17) is 21.3 Å². The summed E-state index contributed by atoms with van der Waals surface area (Å²) in [6, 6.07) is 7.48. The number of aliphatic imine (C=N–C) groups is 1. The Balaban J connectivity index is 1.32. The average Bonchev–Trinajstić information content (AvgIpc) is 3.64. The Labute approximate surface area is 272 Å². The number of alkyl halides is 1. The van der Waals surface area contributed by atoms with Crippen LogP contribution in [-0.4, -0.2) is 77.1 Å². The van der Waals surface area contributed by atoms with Gasteiger partial charge in [-0.3, -0.25) is 14.7 Å². The number of carbonyl (C=O) groups is 3. The number of ether oxygens (including phenoxy) is 1. The van der Waals surface area contributed by atoms with Crippen molar-refractivity contribution in [2.45, 2.75) is 32.0 Å². The molecule has 240 valence electrons. The van der Waals surface area contributed by atoms with Gasteiger partial charge in [0.05, 0.1) is 17.7 Å². The predicted octanol–water partition coefficient (Wildman–Crippen LogP) is 4.93. The number of hydrogen-bond acceptors (Lipinski definition) is 9. The van der Waals surface area contributed by atoms with Crippen molar-refractivity contribution in [3.8, 4) is 0 Å². The van der Waals surface area contributed by atoms with E-state index in [1.54, 1.807) is 31.5 Å². The van der Waals surface area contributed by atoms with E-state index in [1.165, 1.54) is 40.5 Å². The first-order valence-electron chi connectivity index (χ1n) is 14.7. The molecule has 0 aliphatic carbocycles. The average molecular weight is 670 g/mol. The van der Waals surface area contributed by atoms with Crippen molar-refractivity contribution >= 4 is 52.3 Å². The minimum Gasteiger partial charge on any atom is -0.478 e. The fourth-order valence-corrected chi connectivity index (χ4v) is 7.16. The molecule has 0 radical (unpaired) electrons. The third kappa shape index (κ3) is 5.78. The zero-order valence-electron chi connectivity index (χ0n) is 24.9. The van der Waals surface area contributed by atoms with Crippen LogP contribution in [-0.2, 0) is 14.3 Å². The number of carboxylic acid groups (broad SMARTS) is 1. The van der Waals surface area contributed by atoms with Crippen LogP contribution in [0.5, 0.6) is 0 Å². The Morgan fingerprint density at radius 2 is 2.04 bits per heavy atom. The summed E-state index contributed by atoms with van der Waals surface area (Å²) in [7, 11) is 0. The lowest BCUT2D eigenvalue weighted by molar-refractivity contribution is -0.139. The Kier molecular flexibility index (Phi) is 8.66. The van der Waals surface area contributed by atoms with E-state index >= 15 is 4.39 Å². The molecular formula is C32H30ClF2N5O5S. The van der Waals surface area contributed by atoms with E-state index in [1.807, 2.05) is 4.90 Å². The molecule has 0 unspecified atom stereocenters. The van der Waals surface area contributed by atoms with Crippen LogP contribution in [0.1, 0.15) is 45.9 Å². The van der Waals surface area contributed by atoms with Crippen molar-refractivity contribution in [2.75, 3.05) is 37.7 Å². The number of aromatic carboxylic acids is 1. The first-order chi connectivity index (χ1) is 22.0. The number of carbonyl (C=O) groups excluding carboxylic acids is 2. The molecule has 6 rings (SSSR count). The van der Waals surface area contributed by atoms with Crippen LogP contribution >= 0.6 is 22.9 Å². The van der Waals surface area contributed by atoms with Gasteiger partial charge in [-0.25, -0.2) is 23.4 Å². The van der Waals surface area contributed by atoms with Crippen LogP contribution in [0, 0.1) is 18.7 Å². The highest BCUT2D eigenvalue weighted by Gasteiger charge is 2.57. The highest BCUT2D eigenvalue weighted by atomic mass is 35.5. The number of anilines is 1. The molecular weight excluding hydrogens is 640 g/mol. The quantitative estimate of drug-likeness (QED) is 0.324. The molecule has 2 N–H and O–H groups in total. The Hall–Kier alpha value is -4.20. The zero-order valence-corrected chi connectivity index (χ0v) is 26.5. The van der Waals surface area contributed by atoms with Crippen LogP contribution < -0.4 is 10.2 Å². The molecule has 3 aliphatic heterocycles. The van der Waals surface area contributed by atoms with E-state index in [0.29, 0.717) is 33.4 Å². The van der Waals surface area contributed by atoms with E-state index in [9.17, 15) is 23.9 Å². The van der Waals surface area contributed by atoms with E-state index in [2.05, 4.69) is 10.3 Å². The van der Waals surface area contributed by atoms with Crippen molar-refractivity contribution in [3.05, 3.63) is 91.8 Å². The number of benzene rings is 2. The highest BCUT2D eigenvalue weighted by Crippen LogP contribution is 2.43. The molecule has 1 aromatic heterocycles. The molecule has 2 fully saturated rings. The molecule has 0 saturated carbocycles. The number of nitrogens with one attached hydrogen (secondary N) is 1. The second-order valence-electron chi connectivity index (χ2n) is 11.4. The van der Waals surface area contributed by atoms with E-state index in [0.717, 1.165) is 6.07 Å². The molecule has 46 heavy (non-hydrogen) atoms. The number of aryl methyl sites for hydroxylation is 1. The van der Waals surface area contributed by atoms with Crippen molar-refractivity contribution < 1.29 is 33.0 Å². The molecule has 14 heteroatoms. The summed E-state index contributed by atoms with van der Waals surface area (Å²) in [6.45, 7) is 4.12. The van der Waals surface area contributed by atoms with Gasteiger partial charge in [0.1, 0.15) is 11.9 Å². The van der Waals surface area contributed by atoms with Crippen molar-refractivity contribution in [1.29, 1.82) is 0 Å². The zero-order chi connectivity index (χ0) is 32.7. The van der Waals surface area contributed by atoms with Crippen LogP contribution in [0.25, 0.3) is 0 Å². The highest BCUT2D eigenvalue weighted by molar-refractivity contribution is 7.11. The number of amidine groups is 1. The Morgan fingerprint density at radius 1 is 1.24 bits per heavy atom. The lowest BCUT2D eigenvalue weighted by Crippen LogP contribution is -2.52. The third-order valence-corrected chi connectivity index (χ3v) is 9.68. The largest absolute Gasteiger partial charge is 0.478 e. The van der Waals surface area contributed by atoms with E-state index in [-0.39, 0.29) is 55.4 Å². The van der Waals surface area contributed by atoms with Gasteiger partial charge in [0.15, 0.2) is 16.5 Å².